The summed E-state index contributed by atoms with van der Waals surface area (Å²) in [5, 5.41) is 10.0. The Kier molecular flexibility index (Phi) is 6.64. The van der Waals surface area contributed by atoms with Gasteiger partial charge in [-0.15, -0.1) is 0 Å². The van der Waals surface area contributed by atoms with Crippen molar-refractivity contribution in [3.63, 3.8) is 0 Å². The minimum absolute atomic E-state index is 0.156. The molecule has 1 heterocycles. The molecule has 0 radical (unpaired) electrons. The summed E-state index contributed by atoms with van der Waals surface area (Å²) >= 11 is 0. The van der Waals surface area contributed by atoms with Crippen molar-refractivity contribution in [2.24, 2.45) is 0 Å². The van der Waals surface area contributed by atoms with Crippen LogP contribution in [0, 0.1) is 6.92 Å². The van der Waals surface area contributed by atoms with Gasteiger partial charge in [-0.3, -0.25) is 0 Å². The Morgan fingerprint density at radius 3 is 2.49 bits per heavy atom. The van der Waals surface area contributed by atoms with Crippen LogP contribution in [0.3, 0.4) is 0 Å². The normalized spacial score (nSPS) is 17.3. The first-order valence-corrected chi connectivity index (χ1v) is 15.9. The predicted octanol–water partition coefficient (Wildman–Crippen LogP) is 9.66. The van der Waals surface area contributed by atoms with E-state index in [4.69, 9.17) is 0 Å². The lowest BCUT2D eigenvalue weighted by Crippen LogP contribution is -2.27. The highest BCUT2D eigenvalue weighted by molar-refractivity contribution is 5.91. The lowest BCUT2D eigenvalue weighted by atomic mass is 9.74. The number of nitrogens with zero attached hydrogens (tertiary/aromatic N) is 1. The van der Waals surface area contributed by atoms with E-state index in [0.717, 1.165) is 24.2 Å². The summed E-state index contributed by atoms with van der Waals surface area (Å²) in [4.78, 5) is 0. The van der Waals surface area contributed by atoms with Crippen LogP contribution in [-0.2, 0) is 5.41 Å². The molecule has 1 atom stereocenters. The Labute approximate surface area is 264 Å². The van der Waals surface area contributed by atoms with E-state index >= 15 is 0 Å². The molecule has 0 aliphatic heterocycles. The Bertz CT molecular complexity index is 2310. The molecule has 0 fully saturated rings. The van der Waals surface area contributed by atoms with Gasteiger partial charge in [0.1, 0.15) is 0 Å². The molecule has 6 aromatic rings. The molecule has 1 aromatic heterocycles. The second-order valence-corrected chi connectivity index (χ2v) is 12.6. The van der Waals surface area contributed by atoms with E-state index in [1.165, 1.54) is 60.2 Å². The quantitative estimate of drug-likeness (QED) is 0.215. The maximum atomic E-state index is 3.70. The Hall–Kier alpha value is -5.34. The van der Waals surface area contributed by atoms with Gasteiger partial charge in [0.25, 0.3) is 0 Å². The van der Waals surface area contributed by atoms with Crippen LogP contribution in [0.4, 0.5) is 11.4 Å². The first-order chi connectivity index (χ1) is 22.1. The number of anilines is 2. The second-order valence-electron chi connectivity index (χ2n) is 12.6. The molecule has 2 aliphatic rings. The first-order valence-electron chi connectivity index (χ1n) is 15.9. The first kappa shape index (κ1) is 27.2. The molecule has 2 heteroatoms. The van der Waals surface area contributed by atoms with Gasteiger partial charge in [0.2, 0.25) is 0 Å². The topological polar surface area (TPSA) is 17.0 Å². The van der Waals surface area contributed by atoms with E-state index in [1.54, 1.807) is 0 Å². The van der Waals surface area contributed by atoms with Gasteiger partial charge in [-0.1, -0.05) is 128 Å². The molecule has 0 saturated heterocycles. The zero-order valence-corrected chi connectivity index (χ0v) is 25.8. The standard InChI is InChI=1S/C43H36N2/c1-30-18-22-35(23-19-30)44-40-16-9-8-15-39(40)43(2)26-10-13-34(29-43)33-21-25-38-37-14-4-3-5-17-41(37)45(42(38)28-33)36-24-20-31-11-6-7-12-32(31)27-36/h3-4,6-25,27-29,44H,5,26H2,1-2H3. The van der Waals surface area contributed by atoms with Gasteiger partial charge in [0.15, 0.2) is 0 Å². The van der Waals surface area contributed by atoms with Crippen LogP contribution in [0.1, 0.15) is 36.5 Å². The third-order valence-corrected chi connectivity index (χ3v) is 9.40. The molecule has 0 amide bonds. The van der Waals surface area contributed by atoms with Crippen LogP contribution < -0.4 is 15.9 Å². The van der Waals surface area contributed by atoms with Crippen LogP contribution in [0.25, 0.3) is 45.1 Å². The van der Waals surface area contributed by atoms with Gasteiger partial charge >= 0.3 is 0 Å². The number of aryl methyl sites for hydroxylation is 1. The van der Waals surface area contributed by atoms with Crippen LogP contribution in [0.5, 0.6) is 0 Å². The molecular formula is C43H36N2. The lowest BCUT2D eigenvalue weighted by molar-refractivity contribution is 0.604. The molecule has 2 aliphatic carbocycles. The molecule has 8 rings (SSSR count). The summed E-state index contributed by atoms with van der Waals surface area (Å²) in [6.07, 6.45) is 18.0. The number of hydrogen-bond acceptors (Lipinski definition) is 1. The van der Waals surface area contributed by atoms with Gasteiger partial charge in [-0.25, -0.2) is 0 Å². The number of nitrogens with one attached hydrogen (secondary N) is 1. The summed E-state index contributed by atoms with van der Waals surface area (Å²) in [6.45, 7) is 4.49. The van der Waals surface area contributed by atoms with Crippen molar-refractivity contribution in [3.05, 3.63) is 167 Å². The van der Waals surface area contributed by atoms with Crippen LogP contribution in [0.2, 0.25) is 0 Å². The van der Waals surface area contributed by atoms with Crippen LogP contribution in [-0.4, -0.2) is 4.57 Å². The fraction of sp³-hybridized carbons (Fsp3) is 0.116. The van der Waals surface area contributed by atoms with Crippen molar-refractivity contribution in [2.75, 3.05) is 5.32 Å². The summed E-state index contributed by atoms with van der Waals surface area (Å²) < 4.78 is 2.46. The largest absolute Gasteiger partial charge is 0.355 e. The van der Waals surface area contributed by atoms with E-state index < -0.39 is 0 Å². The maximum Gasteiger partial charge on any atom is 0.0547 e. The molecule has 0 bridgehead atoms. The number of aromatic nitrogens is 1. The van der Waals surface area contributed by atoms with Crippen molar-refractivity contribution in [1.29, 1.82) is 0 Å². The molecule has 0 spiro atoms. The minimum atomic E-state index is -0.156. The molecule has 5 aromatic carbocycles. The van der Waals surface area contributed by atoms with Crippen molar-refractivity contribution >= 4 is 50.8 Å². The number of hydrogen-bond donors (Lipinski definition) is 1. The Morgan fingerprint density at radius 2 is 1.60 bits per heavy atom. The number of para-hydroxylation sites is 1. The Morgan fingerprint density at radius 1 is 0.778 bits per heavy atom. The third kappa shape index (κ3) is 4.93. The average Bonchev–Trinajstić information content (AvgIpc) is 3.18. The van der Waals surface area contributed by atoms with Crippen LogP contribution >= 0.6 is 0 Å². The van der Waals surface area contributed by atoms with Gasteiger partial charge in [0.05, 0.1) is 10.9 Å². The van der Waals surface area contributed by atoms with E-state index in [9.17, 15) is 0 Å². The fourth-order valence-electron chi connectivity index (χ4n) is 7.04. The smallest absolute Gasteiger partial charge is 0.0547 e. The monoisotopic (exact) mass is 580 g/mol. The van der Waals surface area contributed by atoms with Gasteiger partial charge in [-0.2, -0.15) is 0 Å². The van der Waals surface area contributed by atoms with E-state index in [1.807, 2.05) is 0 Å². The fourth-order valence-corrected chi connectivity index (χ4v) is 7.04. The Balaban J connectivity index is 1.26. The predicted molar refractivity (Wildman–Crippen MR) is 193 cm³/mol. The van der Waals surface area contributed by atoms with E-state index in [0.29, 0.717) is 0 Å². The summed E-state index contributed by atoms with van der Waals surface area (Å²) in [5.74, 6) is 0. The molecular weight excluding hydrogens is 544 g/mol. The number of rotatable bonds is 5. The SMILES string of the molecule is Cc1ccc(Nc2ccccc2C2(C)C=C(c3ccc4c5c(n(-c6ccc7ccccc7c6)c4c3)=CCC=CC=5)C=CC2)cc1. The third-order valence-electron chi connectivity index (χ3n) is 9.40. The highest BCUT2D eigenvalue weighted by Gasteiger charge is 2.28. The van der Waals surface area contributed by atoms with Crippen molar-refractivity contribution < 1.29 is 0 Å². The zero-order valence-electron chi connectivity index (χ0n) is 25.8. The van der Waals surface area contributed by atoms with Crippen molar-refractivity contribution in [1.82, 2.24) is 4.57 Å². The molecule has 1 unspecified atom stereocenters. The van der Waals surface area contributed by atoms with Gasteiger partial charge in [-0.05, 0) is 83.6 Å². The molecule has 218 valence electrons. The van der Waals surface area contributed by atoms with Crippen LogP contribution in [0.15, 0.2) is 140 Å². The molecule has 1 N–H and O–H groups in total. The molecule has 45 heavy (non-hydrogen) atoms. The lowest BCUT2D eigenvalue weighted by Gasteiger charge is -2.31. The average molecular weight is 581 g/mol. The van der Waals surface area contributed by atoms with Crippen molar-refractivity contribution in [2.45, 2.75) is 32.1 Å². The second kappa shape index (κ2) is 11.0. The number of allylic oxidation sites excluding steroid dienone is 6. The molecule has 2 nitrogen and oxygen atoms in total. The number of benzene rings is 5. The summed E-state index contributed by atoms with van der Waals surface area (Å²) in [6, 6.07) is 39.8. The minimum Gasteiger partial charge on any atom is -0.355 e. The summed E-state index contributed by atoms with van der Waals surface area (Å²) in [7, 11) is 0. The highest BCUT2D eigenvalue weighted by Crippen LogP contribution is 2.41. The van der Waals surface area contributed by atoms with Gasteiger partial charge in [0, 0.05) is 33.1 Å². The van der Waals surface area contributed by atoms with E-state index in [2.05, 4.69) is 175 Å². The zero-order chi connectivity index (χ0) is 30.4. The number of fused-ring (bicyclic) bond motifs is 4. The highest BCUT2D eigenvalue weighted by atomic mass is 15.0. The van der Waals surface area contributed by atoms with Gasteiger partial charge < -0.3 is 9.88 Å². The maximum absolute atomic E-state index is 3.70. The van der Waals surface area contributed by atoms with E-state index in [-0.39, 0.29) is 5.41 Å². The van der Waals surface area contributed by atoms with Crippen molar-refractivity contribution in [3.8, 4) is 5.69 Å². The summed E-state index contributed by atoms with van der Waals surface area (Å²) in [5.41, 5.74) is 9.58. The molecule has 0 saturated carbocycles.